The van der Waals surface area contributed by atoms with Crippen molar-refractivity contribution in [2.24, 2.45) is 7.05 Å². The van der Waals surface area contributed by atoms with Crippen LogP contribution in [0.2, 0.25) is 0 Å². The van der Waals surface area contributed by atoms with Gasteiger partial charge in [-0.1, -0.05) is 12.1 Å². The van der Waals surface area contributed by atoms with E-state index in [0.29, 0.717) is 17.4 Å². The first-order valence-corrected chi connectivity index (χ1v) is 12.1. The van der Waals surface area contributed by atoms with Gasteiger partial charge in [0.25, 0.3) is 5.91 Å². The van der Waals surface area contributed by atoms with Crippen molar-refractivity contribution in [3.8, 4) is 11.1 Å². The quantitative estimate of drug-likeness (QED) is 0.432. The lowest BCUT2D eigenvalue weighted by Crippen LogP contribution is -2.42. The number of pyridine rings is 2. The van der Waals surface area contributed by atoms with Crippen molar-refractivity contribution in [3.63, 3.8) is 0 Å². The molecule has 1 saturated heterocycles. The Hall–Kier alpha value is -3.82. The van der Waals surface area contributed by atoms with E-state index in [2.05, 4.69) is 37.2 Å². The van der Waals surface area contributed by atoms with Crippen LogP contribution in [-0.2, 0) is 13.7 Å². The Bertz CT molecular complexity index is 1390. The molecule has 9 nitrogen and oxygen atoms in total. The lowest BCUT2D eigenvalue weighted by Gasteiger charge is -2.35. The van der Waals surface area contributed by atoms with Crippen LogP contribution in [-0.4, -0.2) is 68.9 Å². The van der Waals surface area contributed by atoms with Crippen LogP contribution in [0.15, 0.2) is 55.0 Å². The van der Waals surface area contributed by atoms with Crippen LogP contribution >= 0.6 is 0 Å². The lowest BCUT2D eigenvalue weighted by molar-refractivity contribution is 0.102. The van der Waals surface area contributed by atoms with Gasteiger partial charge in [0, 0.05) is 49.0 Å². The molecule has 0 aliphatic carbocycles. The number of hydrogen-bond donors (Lipinski definition) is 2. The zero-order chi connectivity index (χ0) is 25.2. The average Bonchev–Trinajstić information content (AvgIpc) is 3.28. The van der Waals surface area contributed by atoms with Gasteiger partial charge in [-0.15, -0.1) is 0 Å². The normalized spacial score (nSPS) is 14.8. The number of piperidine rings is 1. The zero-order valence-corrected chi connectivity index (χ0v) is 20.8. The number of aryl methyl sites for hydroxylation is 1. The van der Waals surface area contributed by atoms with Gasteiger partial charge in [0.15, 0.2) is 0 Å². The highest BCUT2D eigenvalue weighted by Crippen LogP contribution is 2.28. The first kappa shape index (κ1) is 23.9. The summed E-state index contributed by atoms with van der Waals surface area (Å²) in [7, 11) is 6.00. The number of carbonyl (C=O) groups excluding carboxylic acids is 1. The molecular formula is C27H31N7O2. The number of rotatable bonds is 6. The number of aromatic nitrogens is 4. The summed E-state index contributed by atoms with van der Waals surface area (Å²) >= 11 is 0. The highest BCUT2D eigenvalue weighted by Gasteiger charge is 2.22. The summed E-state index contributed by atoms with van der Waals surface area (Å²) < 4.78 is 1.67. The second-order valence-electron chi connectivity index (χ2n) is 9.42. The molecule has 1 fully saturated rings. The smallest absolute Gasteiger partial charge is 0.257 e. The van der Waals surface area contributed by atoms with Crippen LogP contribution in [0.4, 0.5) is 11.6 Å². The molecular weight excluding hydrogens is 454 g/mol. The first-order valence-electron chi connectivity index (χ1n) is 12.1. The summed E-state index contributed by atoms with van der Waals surface area (Å²) in [6, 6.07) is 11.8. The molecule has 186 valence electrons. The summed E-state index contributed by atoms with van der Waals surface area (Å²) in [6.07, 6.45) is 7.33. The Morgan fingerprint density at radius 1 is 1.08 bits per heavy atom. The van der Waals surface area contributed by atoms with Crippen molar-refractivity contribution >= 4 is 28.3 Å². The Morgan fingerprint density at radius 3 is 2.67 bits per heavy atom. The van der Waals surface area contributed by atoms with E-state index in [4.69, 9.17) is 0 Å². The maximum atomic E-state index is 13.1. The van der Waals surface area contributed by atoms with Gasteiger partial charge < -0.3 is 20.2 Å². The molecule has 5 rings (SSSR count). The largest absolute Gasteiger partial charge is 0.390 e. The summed E-state index contributed by atoms with van der Waals surface area (Å²) in [4.78, 5) is 26.5. The van der Waals surface area contributed by atoms with Crippen molar-refractivity contribution in [2.45, 2.75) is 25.5 Å². The third-order valence-electron chi connectivity index (χ3n) is 7.09. The number of fused-ring (bicyclic) bond motifs is 1. The molecule has 36 heavy (non-hydrogen) atoms. The maximum absolute atomic E-state index is 13.1. The fraction of sp³-hybridized carbons (Fsp3) is 0.333. The van der Waals surface area contributed by atoms with Gasteiger partial charge in [0.05, 0.1) is 18.5 Å². The van der Waals surface area contributed by atoms with Gasteiger partial charge in [0.2, 0.25) is 0 Å². The number of carbonyl (C=O) groups is 1. The molecule has 1 aromatic carbocycles. The van der Waals surface area contributed by atoms with E-state index in [1.165, 1.54) is 0 Å². The molecule has 1 aliphatic heterocycles. The molecule has 0 radical (unpaired) electrons. The minimum atomic E-state index is -0.228. The van der Waals surface area contributed by atoms with Crippen molar-refractivity contribution in [1.29, 1.82) is 0 Å². The molecule has 3 aromatic heterocycles. The van der Waals surface area contributed by atoms with E-state index in [9.17, 15) is 9.90 Å². The molecule has 0 spiro atoms. The third kappa shape index (κ3) is 4.80. The van der Waals surface area contributed by atoms with Crippen molar-refractivity contribution in [3.05, 3.63) is 66.2 Å². The molecule has 0 saturated carbocycles. The molecule has 0 unspecified atom stereocenters. The van der Waals surface area contributed by atoms with Crippen molar-refractivity contribution in [1.82, 2.24) is 24.6 Å². The average molecular weight is 486 g/mol. The maximum Gasteiger partial charge on any atom is 0.257 e. The van der Waals surface area contributed by atoms with Crippen LogP contribution < -0.4 is 10.2 Å². The number of likely N-dealkylation sites (tertiary alicyclic amines) is 1. The Kier molecular flexibility index (Phi) is 6.67. The first-order chi connectivity index (χ1) is 17.4. The minimum absolute atomic E-state index is 0.0948. The van der Waals surface area contributed by atoms with Gasteiger partial charge in [-0.05, 0) is 68.2 Å². The van der Waals surface area contributed by atoms with E-state index < -0.39 is 0 Å². The fourth-order valence-corrected chi connectivity index (χ4v) is 4.78. The van der Waals surface area contributed by atoms with E-state index in [0.717, 1.165) is 59.3 Å². The molecule has 4 heterocycles. The van der Waals surface area contributed by atoms with E-state index >= 15 is 0 Å². The Balaban J connectivity index is 1.35. The van der Waals surface area contributed by atoms with Crippen LogP contribution in [0, 0.1) is 0 Å². The fourth-order valence-electron chi connectivity index (χ4n) is 4.78. The Labute approximate surface area is 210 Å². The number of benzene rings is 1. The molecule has 2 N–H and O–H groups in total. The molecule has 1 aliphatic rings. The monoisotopic (exact) mass is 485 g/mol. The number of aliphatic hydroxyl groups excluding tert-OH is 1. The predicted octanol–water partition coefficient (Wildman–Crippen LogP) is 3.31. The number of nitrogens with zero attached hydrogens (tertiary/aromatic N) is 6. The number of aliphatic hydroxyl groups is 1. The minimum Gasteiger partial charge on any atom is -0.390 e. The third-order valence-corrected chi connectivity index (χ3v) is 7.09. The summed E-state index contributed by atoms with van der Waals surface area (Å²) in [6.45, 7) is 2.03. The van der Waals surface area contributed by atoms with E-state index in [-0.39, 0.29) is 12.5 Å². The van der Waals surface area contributed by atoms with E-state index in [1.807, 2.05) is 44.4 Å². The standard InChI is InChI=1S/C27H31N7O2/c1-32-10-7-22(8-11-32)33(2)26-14-19(6-9-28-26)27(36)31-25-13-21-12-18(4-5-20(21)15-29-25)23-16-30-34(3)24(23)17-35/h4-6,9,12-16,22,35H,7-8,10-11,17H2,1-3H3,(H,29,31,36). The van der Waals surface area contributed by atoms with Gasteiger partial charge >= 0.3 is 0 Å². The van der Waals surface area contributed by atoms with Crippen molar-refractivity contribution in [2.75, 3.05) is 37.4 Å². The summed E-state index contributed by atoms with van der Waals surface area (Å²) in [5.74, 6) is 1.04. The van der Waals surface area contributed by atoms with Crippen LogP contribution in [0.1, 0.15) is 28.9 Å². The zero-order valence-electron chi connectivity index (χ0n) is 20.8. The highest BCUT2D eigenvalue weighted by atomic mass is 16.3. The topological polar surface area (TPSA) is 99.4 Å². The van der Waals surface area contributed by atoms with Gasteiger partial charge in [-0.3, -0.25) is 9.48 Å². The van der Waals surface area contributed by atoms with Gasteiger partial charge in [-0.25, -0.2) is 9.97 Å². The van der Waals surface area contributed by atoms with E-state index in [1.54, 1.807) is 29.3 Å². The van der Waals surface area contributed by atoms with Crippen LogP contribution in [0.3, 0.4) is 0 Å². The van der Waals surface area contributed by atoms with Crippen LogP contribution in [0.5, 0.6) is 0 Å². The number of amides is 1. The highest BCUT2D eigenvalue weighted by molar-refractivity contribution is 6.05. The van der Waals surface area contributed by atoms with Crippen molar-refractivity contribution < 1.29 is 9.90 Å². The predicted molar refractivity (Wildman–Crippen MR) is 141 cm³/mol. The molecule has 0 bridgehead atoms. The summed E-state index contributed by atoms with van der Waals surface area (Å²) in [5.41, 5.74) is 3.11. The molecule has 1 amide bonds. The van der Waals surface area contributed by atoms with Gasteiger partial charge in [-0.2, -0.15) is 5.10 Å². The number of hydrogen-bond acceptors (Lipinski definition) is 7. The SMILES string of the molecule is CN1CCC(N(C)c2cc(C(=O)Nc3cc4cc(-c5cnn(C)c5CO)ccc4cn3)ccn2)CC1. The summed E-state index contributed by atoms with van der Waals surface area (Å²) in [5, 5.41) is 18.8. The Morgan fingerprint density at radius 2 is 1.89 bits per heavy atom. The molecule has 9 heteroatoms. The number of nitrogens with one attached hydrogen (secondary N) is 1. The lowest BCUT2D eigenvalue weighted by atomic mass is 10.0. The van der Waals surface area contributed by atoms with Crippen LogP contribution in [0.25, 0.3) is 21.9 Å². The second-order valence-corrected chi connectivity index (χ2v) is 9.42. The second kappa shape index (κ2) is 10.0. The molecule has 4 aromatic rings. The molecule has 0 atom stereocenters. The van der Waals surface area contributed by atoms with Gasteiger partial charge in [0.1, 0.15) is 11.6 Å². The number of anilines is 2.